The van der Waals surface area contributed by atoms with Gasteiger partial charge in [-0.15, -0.1) is 0 Å². The summed E-state index contributed by atoms with van der Waals surface area (Å²) in [5, 5.41) is 12.5. The molecule has 1 aromatic rings. The fourth-order valence-corrected chi connectivity index (χ4v) is 2.11. The Labute approximate surface area is 107 Å². The number of aliphatic hydroxyl groups is 1. The molecule has 1 aromatic carbocycles. The maximum absolute atomic E-state index is 11.8. The first kappa shape index (κ1) is 11.9. The minimum absolute atomic E-state index is 0.0944. The molecule has 1 aliphatic rings. The lowest BCUT2D eigenvalue weighted by atomic mass is 9.89. The van der Waals surface area contributed by atoms with E-state index in [1.54, 1.807) is 18.2 Å². The summed E-state index contributed by atoms with van der Waals surface area (Å²) in [4.78, 5) is 11.8. The van der Waals surface area contributed by atoms with Gasteiger partial charge in [0.15, 0.2) is 0 Å². The van der Waals surface area contributed by atoms with Crippen molar-refractivity contribution in [2.75, 3.05) is 0 Å². The summed E-state index contributed by atoms with van der Waals surface area (Å²) in [6.07, 6.45) is 1.02. The van der Waals surface area contributed by atoms with Crippen LogP contribution in [0.15, 0.2) is 22.7 Å². The Morgan fingerprint density at radius 2 is 2.19 bits per heavy atom. The number of carbonyl (C=O) groups excluding carboxylic acids is 1. The van der Waals surface area contributed by atoms with Crippen molar-refractivity contribution >= 4 is 33.4 Å². The Kier molecular flexibility index (Phi) is 3.52. The summed E-state index contributed by atoms with van der Waals surface area (Å²) >= 11 is 9.11. The monoisotopic (exact) mass is 303 g/mol. The van der Waals surface area contributed by atoms with Crippen LogP contribution in [0.2, 0.25) is 5.02 Å². The van der Waals surface area contributed by atoms with E-state index in [4.69, 9.17) is 16.7 Å². The normalized spacial score (nSPS) is 23.7. The molecule has 5 heteroatoms. The molecular weight excluding hydrogens is 293 g/mol. The van der Waals surface area contributed by atoms with Crippen molar-refractivity contribution in [1.82, 2.24) is 5.32 Å². The molecule has 86 valence electrons. The van der Waals surface area contributed by atoms with E-state index < -0.39 is 0 Å². The molecule has 0 atom stereocenters. The van der Waals surface area contributed by atoms with E-state index in [0.29, 0.717) is 27.9 Å². The van der Waals surface area contributed by atoms with Crippen molar-refractivity contribution in [1.29, 1.82) is 0 Å². The van der Waals surface area contributed by atoms with Crippen molar-refractivity contribution in [3.63, 3.8) is 0 Å². The van der Waals surface area contributed by atoms with Crippen molar-refractivity contribution in [2.45, 2.75) is 25.0 Å². The minimum Gasteiger partial charge on any atom is -0.393 e. The lowest BCUT2D eigenvalue weighted by molar-refractivity contribution is 0.0562. The van der Waals surface area contributed by atoms with Gasteiger partial charge in [-0.3, -0.25) is 4.79 Å². The standard InChI is InChI=1S/C11H11BrClNO2/c12-9-3-6(1-2-10(9)13)11(16)14-7-4-8(15)5-7/h1-3,7-8,15H,4-5H2,(H,14,16). The smallest absolute Gasteiger partial charge is 0.251 e. The second-order valence-electron chi connectivity index (χ2n) is 3.92. The molecule has 1 saturated carbocycles. The van der Waals surface area contributed by atoms with Crippen LogP contribution in [0.4, 0.5) is 0 Å². The summed E-state index contributed by atoms with van der Waals surface area (Å²) < 4.78 is 0.704. The Morgan fingerprint density at radius 3 is 2.75 bits per heavy atom. The predicted molar refractivity (Wildman–Crippen MR) is 65.6 cm³/mol. The number of carbonyl (C=O) groups is 1. The van der Waals surface area contributed by atoms with E-state index in [2.05, 4.69) is 21.2 Å². The molecule has 0 bridgehead atoms. The van der Waals surface area contributed by atoms with Crippen LogP contribution in [0.1, 0.15) is 23.2 Å². The zero-order chi connectivity index (χ0) is 11.7. The number of nitrogens with one attached hydrogen (secondary N) is 1. The number of rotatable bonds is 2. The number of aliphatic hydroxyl groups excluding tert-OH is 1. The highest BCUT2D eigenvalue weighted by Gasteiger charge is 2.28. The zero-order valence-electron chi connectivity index (χ0n) is 8.41. The minimum atomic E-state index is -0.262. The maximum atomic E-state index is 11.8. The Bertz CT molecular complexity index is 418. The second-order valence-corrected chi connectivity index (χ2v) is 5.19. The first-order valence-corrected chi connectivity index (χ1v) is 6.17. The molecule has 2 N–H and O–H groups in total. The van der Waals surface area contributed by atoms with Crippen LogP contribution < -0.4 is 5.32 Å². The van der Waals surface area contributed by atoms with Crippen LogP contribution in [0, 0.1) is 0 Å². The van der Waals surface area contributed by atoms with Gasteiger partial charge < -0.3 is 10.4 Å². The van der Waals surface area contributed by atoms with Crippen LogP contribution in [0.5, 0.6) is 0 Å². The third-order valence-electron chi connectivity index (χ3n) is 2.63. The van der Waals surface area contributed by atoms with Crippen molar-refractivity contribution in [3.8, 4) is 0 Å². The fraction of sp³-hybridized carbons (Fsp3) is 0.364. The fourth-order valence-electron chi connectivity index (χ4n) is 1.61. The van der Waals surface area contributed by atoms with E-state index in [1.807, 2.05) is 0 Å². The Balaban J connectivity index is 2.01. The van der Waals surface area contributed by atoms with Gasteiger partial charge in [-0.05, 0) is 47.0 Å². The SMILES string of the molecule is O=C(NC1CC(O)C1)c1ccc(Cl)c(Br)c1. The molecule has 0 radical (unpaired) electrons. The average molecular weight is 305 g/mol. The van der Waals surface area contributed by atoms with Crippen molar-refractivity contribution in [2.24, 2.45) is 0 Å². The first-order valence-electron chi connectivity index (χ1n) is 5.00. The summed E-state index contributed by atoms with van der Waals surface area (Å²) in [7, 11) is 0. The van der Waals surface area contributed by atoms with Gasteiger partial charge in [0.25, 0.3) is 5.91 Å². The van der Waals surface area contributed by atoms with Gasteiger partial charge >= 0.3 is 0 Å². The topological polar surface area (TPSA) is 49.3 Å². The van der Waals surface area contributed by atoms with Gasteiger partial charge in [-0.25, -0.2) is 0 Å². The summed E-state index contributed by atoms with van der Waals surface area (Å²) in [6.45, 7) is 0. The number of hydrogen-bond acceptors (Lipinski definition) is 2. The van der Waals surface area contributed by atoms with E-state index in [1.165, 1.54) is 0 Å². The number of hydrogen-bond donors (Lipinski definition) is 2. The highest BCUT2D eigenvalue weighted by Crippen LogP contribution is 2.24. The third kappa shape index (κ3) is 2.56. The molecule has 1 fully saturated rings. The van der Waals surface area contributed by atoms with Crippen molar-refractivity contribution in [3.05, 3.63) is 33.3 Å². The van der Waals surface area contributed by atoms with E-state index in [-0.39, 0.29) is 18.1 Å². The molecule has 0 aliphatic heterocycles. The molecule has 2 rings (SSSR count). The summed E-state index contributed by atoms with van der Waals surface area (Å²) in [5.41, 5.74) is 0.567. The molecule has 0 unspecified atom stereocenters. The number of benzene rings is 1. The lowest BCUT2D eigenvalue weighted by Gasteiger charge is -2.31. The molecule has 1 amide bonds. The quantitative estimate of drug-likeness (QED) is 0.881. The van der Waals surface area contributed by atoms with Gasteiger partial charge in [0.05, 0.1) is 11.1 Å². The van der Waals surface area contributed by atoms with Gasteiger partial charge in [-0.2, -0.15) is 0 Å². The summed E-state index contributed by atoms with van der Waals surface area (Å²) in [6, 6.07) is 5.14. The number of amides is 1. The Hall–Kier alpha value is -0.580. The molecular formula is C11H11BrClNO2. The van der Waals surface area contributed by atoms with E-state index in [9.17, 15) is 4.79 Å². The molecule has 1 aliphatic carbocycles. The summed E-state index contributed by atoms with van der Waals surface area (Å²) in [5.74, 6) is -0.130. The Morgan fingerprint density at radius 1 is 1.50 bits per heavy atom. The van der Waals surface area contributed by atoms with E-state index in [0.717, 1.165) is 0 Å². The second kappa shape index (κ2) is 4.73. The predicted octanol–water partition coefficient (Wildman–Crippen LogP) is 2.36. The van der Waals surface area contributed by atoms with Gasteiger partial charge in [0.2, 0.25) is 0 Å². The molecule has 16 heavy (non-hydrogen) atoms. The van der Waals surface area contributed by atoms with Gasteiger partial charge in [-0.1, -0.05) is 11.6 Å². The molecule has 3 nitrogen and oxygen atoms in total. The molecule has 0 spiro atoms. The number of halogens is 2. The van der Waals surface area contributed by atoms with E-state index >= 15 is 0 Å². The van der Waals surface area contributed by atoms with Crippen molar-refractivity contribution < 1.29 is 9.90 Å². The third-order valence-corrected chi connectivity index (χ3v) is 3.84. The molecule has 0 saturated heterocycles. The van der Waals surface area contributed by atoms with Crippen LogP contribution >= 0.6 is 27.5 Å². The van der Waals surface area contributed by atoms with Crippen LogP contribution in [0.25, 0.3) is 0 Å². The van der Waals surface area contributed by atoms with Crippen LogP contribution in [-0.2, 0) is 0 Å². The zero-order valence-corrected chi connectivity index (χ0v) is 10.8. The lowest BCUT2D eigenvalue weighted by Crippen LogP contribution is -2.46. The largest absolute Gasteiger partial charge is 0.393 e. The van der Waals surface area contributed by atoms with Gasteiger partial charge in [0.1, 0.15) is 0 Å². The highest BCUT2D eigenvalue weighted by atomic mass is 79.9. The maximum Gasteiger partial charge on any atom is 0.251 e. The highest BCUT2D eigenvalue weighted by molar-refractivity contribution is 9.10. The van der Waals surface area contributed by atoms with Gasteiger partial charge in [0, 0.05) is 16.1 Å². The molecule has 0 aromatic heterocycles. The first-order chi connectivity index (χ1) is 7.56. The van der Waals surface area contributed by atoms with Crippen LogP contribution in [0.3, 0.4) is 0 Å². The molecule has 0 heterocycles. The average Bonchev–Trinajstić information content (AvgIpc) is 2.19. The van der Waals surface area contributed by atoms with Crippen LogP contribution in [-0.4, -0.2) is 23.2 Å².